The van der Waals surface area contributed by atoms with Gasteiger partial charge in [-0.25, -0.2) is 0 Å². The molecule has 0 aliphatic rings. The fraction of sp³-hybridized carbons (Fsp3) is 0.931. The van der Waals surface area contributed by atoms with E-state index in [9.17, 15) is 9.59 Å². The summed E-state index contributed by atoms with van der Waals surface area (Å²) < 4.78 is 9.78. The third-order valence-electron chi connectivity index (χ3n) is 6.97. The van der Waals surface area contributed by atoms with E-state index in [-0.39, 0.29) is 0 Å². The van der Waals surface area contributed by atoms with Gasteiger partial charge < -0.3 is 9.47 Å². The summed E-state index contributed by atoms with van der Waals surface area (Å²) in [5.74, 6) is -1.29. The first-order valence-corrected chi connectivity index (χ1v) is 14.3. The molecular formula is C29H56O4. The van der Waals surface area contributed by atoms with E-state index in [4.69, 9.17) is 9.47 Å². The van der Waals surface area contributed by atoms with E-state index < -0.39 is 17.9 Å². The SMILES string of the molecule is CCCCCCCCCCCCC(CCCCCCCCCC)CC(C(=O)OC)C(=O)OC. The minimum absolute atomic E-state index is 0.391. The van der Waals surface area contributed by atoms with Crippen LogP contribution in [0.25, 0.3) is 0 Å². The molecule has 4 nitrogen and oxygen atoms in total. The molecule has 4 heteroatoms. The van der Waals surface area contributed by atoms with Crippen LogP contribution in [0.4, 0.5) is 0 Å². The summed E-state index contributed by atoms with van der Waals surface area (Å²) in [6.45, 7) is 4.52. The highest BCUT2D eigenvalue weighted by Gasteiger charge is 2.31. The van der Waals surface area contributed by atoms with E-state index in [1.807, 2.05) is 0 Å². The van der Waals surface area contributed by atoms with Gasteiger partial charge in [-0.1, -0.05) is 142 Å². The second-order valence-electron chi connectivity index (χ2n) is 9.93. The lowest BCUT2D eigenvalue weighted by molar-refractivity contribution is -0.159. The van der Waals surface area contributed by atoms with Gasteiger partial charge in [-0.05, 0) is 12.3 Å². The summed E-state index contributed by atoms with van der Waals surface area (Å²) >= 11 is 0. The zero-order valence-electron chi connectivity index (χ0n) is 22.6. The lowest BCUT2D eigenvalue weighted by Gasteiger charge is -2.21. The van der Waals surface area contributed by atoms with Crippen molar-refractivity contribution in [1.29, 1.82) is 0 Å². The van der Waals surface area contributed by atoms with Crippen LogP contribution in [0, 0.1) is 11.8 Å². The van der Waals surface area contributed by atoms with Crippen molar-refractivity contribution in [3.63, 3.8) is 0 Å². The highest BCUT2D eigenvalue weighted by atomic mass is 16.5. The summed E-state index contributed by atoms with van der Waals surface area (Å²) in [4.78, 5) is 24.3. The van der Waals surface area contributed by atoms with Gasteiger partial charge in [-0.15, -0.1) is 0 Å². The fourth-order valence-corrected chi connectivity index (χ4v) is 4.77. The molecule has 0 aromatic rings. The molecular weight excluding hydrogens is 412 g/mol. The average Bonchev–Trinajstić information content (AvgIpc) is 2.83. The van der Waals surface area contributed by atoms with Crippen LogP contribution in [-0.2, 0) is 19.1 Å². The van der Waals surface area contributed by atoms with Gasteiger partial charge in [0, 0.05) is 0 Å². The molecule has 0 aromatic carbocycles. The summed E-state index contributed by atoms with van der Waals surface area (Å²) in [6.07, 6.45) is 26.4. The van der Waals surface area contributed by atoms with E-state index >= 15 is 0 Å². The summed E-state index contributed by atoms with van der Waals surface area (Å²) in [6, 6.07) is 0. The van der Waals surface area contributed by atoms with Crippen LogP contribution in [0.5, 0.6) is 0 Å². The third kappa shape index (κ3) is 19.0. The van der Waals surface area contributed by atoms with Gasteiger partial charge in [0.2, 0.25) is 0 Å². The van der Waals surface area contributed by atoms with Crippen molar-refractivity contribution in [1.82, 2.24) is 0 Å². The maximum Gasteiger partial charge on any atom is 0.320 e. The number of esters is 2. The number of rotatable bonds is 24. The van der Waals surface area contributed by atoms with Crippen molar-refractivity contribution >= 4 is 11.9 Å². The highest BCUT2D eigenvalue weighted by molar-refractivity contribution is 5.94. The van der Waals surface area contributed by atoms with E-state index in [0.29, 0.717) is 12.3 Å². The van der Waals surface area contributed by atoms with Crippen molar-refractivity contribution in [3.8, 4) is 0 Å². The second-order valence-corrected chi connectivity index (χ2v) is 9.93. The van der Waals surface area contributed by atoms with Crippen molar-refractivity contribution in [2.45, 2.75) is 149 Å². The molecule has 0 saturated heterocycles. The lowest BCUT2D eigenvalue weighted by Crippen LogP contribution is -2.28. The van der Waals surface area contributed by atoms with Gasteiger partial charge in [0.05, 0.1) is 14.2 Å². The number of hydrogen-bond donors (Lipinski definition) is 0. The standard InChI is InChI=1S/C29H56O4/c1-5-7-9-11-13-15-16-18-20-22-24-26(23-21-19-17-14-12-10-8-6-2)25-27(28(30)32-3)29(31)33-4/h26-27H,5-25H2,1-4H3. The fourth-order valence-electron chi connectivity index (χ4n) is 4.77. The van der Waals surface area contributed by atoms with Crippen molar-refractivity contribution < 1.29 is 19.1 Å². The Morgan fingerprint density at radius 2 is 0.818 bits per heavy atom. The summed E-state index contributed by atoms with van der Waals surface area (Å²) in [7, 11) is 2.71. The minimum atomic E-state index is -0.776. The topological polar surface area (TPSA) is 52.6 Å². The number of carbonyl (C=O) groups is 2. The predicted molar refractivity (Wildman–Crippen MR) is 139 cm³/mol. The lowest BCUT2D eigenvalue weighted by atomic mass is 9.86. The molecule has 1 atom stereocenters. The average molecular weight is 469 g/mol. The zero-order chi connectivity index (χ0) is 24.6. The van der Waals surface area contributed by atoms with Gasteiger partial charge in [-0.3, -0.25) is 9.59 Å². The van der Waals surface area contributed by atoms with E-state index in [0.717, 1.165) is 12.8 Å². The van der Waals surface area contributed by atoms with Gasteiger partial charge in [-0.2, -0.15) is 0 Å². The van der Waals surface area contributed by atoms with Crippen LogP contribution in [0.2, 0.25) is 0 Å². The first-order valence-electron chi connectivity index (χ1n) is 14.3. The van der Waals surface area contributed by atoms with Crippen molar-refractivity contribution in [2.24, 2.45) is 11.8 Å². The minimum Gasteiger partial charge on any atom is -0.468 e. The normalized spacial score (nSPS) is 12.2. The Kier molecular flexibility index (Phi) is 23.3. The first-order chi connectivity index (χ1) is 16.1. The van der Waals surface area contributed by atoms with Crippen molar-refractivity contribution in [2.75, 3.05) is 14.2 Å². The Morgan fingerprint density at radius 1 is 0.515 bits per heavy atom. The van der Waals surface area contributed by atoms with Crippen LogP contribution < -0.4 is 0 Å². The Morgan fingerprint density at radius 3 is 1.12 bits per heavy atom. The molecule has 0 N–H and O–H groups in total. The number of ether oxygens (including phenoxy) is 2. The number of carbonyl (C=O) groups excluding carboxylic acids is 2. The molecule has 0 fully saturated rings. The van der Waals surface area contributed by atoms with Crippen LogP contribution >= 0.6 is 0 Å². The molecule has 0 bridgehead atoms. The smallest absolute Gasteiger partial charge is 0.320 e. The van der Waals surface area contributed by atoms with Gasteiger partial charge in [0.15, 0.2) is 5.92 Å². The van der Waals surface area contributed by atoms with Crippen LogP contribution in [-0.4, -0.2) is 26.2 Å². The number of unbranched alkanes of at least 4 members (excludes halogenated alkanes) is 16. The zero-order valence-corrected chi connectivity index (χ0v) is 22.6. The molecule has 0 aliphatic heterocycles. The molecule has 0 rings (SSSR count). The van der Waals surface area contributed by atoms with Gasteiger partial charge >= 0.3 is 11.9 Å². The molecule has 0 saturated carbocycles. The maximum atomic E-state index is 12.2. The Labute approximate surface area is 206 Å². The van der Waals surface area contributed by atoms with Crippen LogP contribution in [0.1, 0.15) is 149 Å². The third-order valence-corrected chi connectivity index (χ3v) is 6.97. The van der Waals surface area contributed by atoms with Crippen LogP contribution in [0.15, 0.2) is 0 Å². The molecule has 0 amide bonds. The monoisotopic (exact) mass is 468 g/mol. The maximum absolute atomic E-state index is 12.2. The van der Waals surface area contributed by atoms with Crippen LogP contribution in [0.3, 0.4) is 0 Å². The Balaban J connectivity index is 4.33. The van der Waals surface area contributed by atoms with Gasteiger partial charge in [0.25, 0.3) is 0 Å². The number of methoxy groups -OCH3 is 2. The predicted octanol–water partition coefficient (Wildman–Crippen LogP) is 8.80. The second kappa shape index (κ2) is 24.1. The highest BCUT2D eigenvalue weighted by Crippen LogP contribution is 2.27. The van der Waals surface area contributed by atoms with E-state index in [2.05, 4.69) is 13.8 Å². The molecule has 0 aromatic heterocycles. The largest absolute Gasteiger partial charge is 0.468 e. The molecule has 0 heterocycles. The summed E-state index contributed by atoms with van der Waals surface area (Å²) in [5.41, 5.74) is 0. The molecule has 33 heavy (non-hydrogen) atoms. The number of hydrogen-bond acceptors (Lipinski definition) is 4. The van der Waals surface area contributed by atoms with Gasteiger partial charge in [0.1, 0.15) is 0 Å². The first kappa shape index (κ1) is 31.9. The Hall–Kier alpha value is -1.06. The molecule has 0 spiro atoms. The summed E-state index contributed by atoms with van der Waals surface area (Å²) in [5, 5.41) is 0. The molecule has 0 aliphatic carbocycles. The molecule has 0 radical (unpaired) electrons. The quantitative estimate of drug-likeness (QED) is 0.0806. The molecule has 196 valence electrons. The Bertz CT molecular complexity index is 433. The van der Waals surface area contributed by atoms with Crippen molar-refractivity contribution in [3.05, 3.63) is 0 Å². The molecule has 1 unspecified atom stereocenters. The van der Waals surface area contributed by atoms with E-state index in [1.54, 1.807) is 0 Å². The van der Waals surface area contributed by atoms with E-state index in [1.165, 1.54) is 130 Å².